The van der Waals surface area contributed by atoms with Crippen molar-refractivity contribution in [1.29, 1.82) is 0 Å². The summed E-state index contributed by atoms with van der Waals surface area (Å²) in [6.07, 6.45) is 4.25. The van der Waals surface area contributed by atoms with Crippen LogP contribution in [0.25, 0.3) is 5.69 Å². The van der Waals surface area contributed by atoms with E-state index in [9.17, 15) is 16.8 Å². The Labute approximate surface area is 149 Å². The van der Waals surface area contributed by atoms with E-state index in [2.05, 4.69) is 20.0 Å². The molecule has 0 aliphatic rings. The lowest BCUT2D eigenvalue weighted by Gasteiger charge is -2.04. The van der Waals surface area contributed by atoms with Crippen molar-refractivity contribution in [1.82, 2.24) is 24.7 Å². The summed E-state index contributed by atoms with van der Waals surface area (Å²) in [6.45, 7) is -0.0630. The molecule has 0 fully saturated rings. The molecule has 0 amide bonds. The van der Waals surface area contributed by atoms with Gasteiger partial charge in [0, 0.05) is 12.4 Å². The quantitative estimate of drug-likeness (QED) is 0.587. The summed E-state index contributed by atoms with van der Waals surface area (Å²) in [5, 5.41) is 12.8. The molecule has 0 saturated heterocycles. The molecule has 0 atom stereocenters. The highest BCUT2D eigenvalue weighted by Crippen LogP contribution is 2.12. The highest BCUT2D eigenvalue weighted by Gasteiger charge is 2.15. The zero-order valence-corrected chi connectivity index (χ0v) is 14.9. The highest BCUT2D eigenvalue weighted by atomic mass is 32.2. The number of pyridine rings is 1. The van der Waals surface area contributed by atoms with E-state index >= 15 is 0 Å². The van der Waals surface area contributed by atoms with Gasteiger partial charge in [0.1, 0.15) is 4.90 Å². The molecule has 3 rings (SSSR count). The first-order valence-electron chi connectivity index (χ1n) is 7.20. The van der Waals surface area contributed by atoms with Crippen LogP contribution in [0.3, 0.4) is 0 Å². The Bertz CT molecular complexity index is 1110. The molecule has 10 nitrogen and oxygen atoms in total. The first-order chi connectivity index (χ1) is 12.3. The van der Waals surface area contributed by atoms with Crippen molar-refractivity contribution in [3.05, 3.63) is 60.7 Å². The van der Waals surface area contributed by atoms with Crippen LogP contribution in [0.4, 0.5) is 0 Å². The minimum atomic E-state index is -3.78. The Morgan fingerprint density at radius 2 is 1.77 bits per heavy atom. The van der Waals surface area contributed by atoms with E-state index in [0.29, 0.717) is 11.4 Å². The molecule has 1 aromatic carbocycles. The van der Waals surface area contributed by atoms with Crippen LogP contribution in [-0.2, 0) is 26.6 Å². The number of primary sulfonamides is 1. The van der Waals surface area contributed by atoms with Crippen LogP contribution in [0.2, 0.25) is 0 Å². The third-order valence-corrected chi connectivity index (χ3v) is 5.67. The Hall–Kier alpha value is -2.67. The van der Waals surface area contributed by atoms with E-state index in [1.807, 2.05) is 0 Å². The fraction of sp³-hybridized carbons (Fsp3) is 0.0714. The van der Waals surface area contributed by atoms with E-state index in [1.54, 1.807) is 0 Å². The van der Waals surface area contributed by atoms with E-state index in [0.717, 1.165) is 0 Å². The normalized spacial score (nSPS) is 12.2. The van der Waals surface area contributed by atoms with Crippen molar-refractivity contribution in [3.63, 3.8) is 0 Å². The summed E-state index contributed by atoms with van der Waals surface area (Å²) in [6, 6.07) is 8.67. The van der Waals surface area contributed by atoms with Crippen molar-refractivity contribution < 1.29 is 16.8 Å². The van der Waals surface area contributed by atoms with Crippen molar-refractivity contribution >= 4 is 20.0 Å². The molecule has 3 N–H and O–H groups in total. The first-order valence-corrected chi connectivity index (χ1v) is 10.2. The summed E-state index contributed by atoms with van der Waals surface area (Å²) in [5.74, 6) is 0. The Balaban J connectivity index is 1.72. The van der Waals surface area contributed by atoms with Crippen LogP contribution in [-0.4, -0.2) is 36.8 Å². The van der Waals surface area contributed by atoms with Crippen LogP contribution >= 0.6 is 0 Å². The molecular formula is C14H14N6O4S2. The average Bonchev–Trinajstić information content (AvgIpc) is 3.09. The van der Waals surface area contributed by atoms with Gasteiger partial charge >= 0.3 is 0 Å². The highest BCUT2D eigenvalue weighted by molar-refractivity contribution is 7.89. The number of hydrogen-bond acceptors (Lipinski definition) is 7. The maximum Gasteiger partial charge on any atom is 0.242 e. The van der Waals surface area contributed by atoms with E-state index in [-0.39, 0.29) is 16.3 Å². The molecule has 0 aliphatic heterocycles. The summed E-state index contributed by atoms with van der Waals surface area (Å²) < 4.78 is 50.6. The lowest BCUT2D eigenvalue weighted by molar-refractivity contribution is 0.579. The summed E-state index contributed by atoms with van der Waals surface area (Å²) >= 11 is 0. The number of nitrogens with zero attached hydrogens (tertiary/aromatic N) is 4. The zero-order chi connectivity index (χ0) is 18.8. The predicted octanol–water partition coefficient (Wildman–Crippen LogP) is -0.212. The number of aromatic nitrogens is 4. The van der Waals surface area contributed by atoms with Gasteiger partial charge in [0.2, 0.25) is 20.0 Å². The predicted molar refractivity (Wildman–Crippen MR) is 91.0 cm³/mol. The van der Waals surface area contributed by atoms with Crippen molar-refractivity contribution in [2.24, 2.45) is 5.14 Å². The van der Waals surface area contributed by atoms with Crippen molar-refractivity contribution in [3.8, 4) is 5.69 Å². The number of hydrogen-bond donors (Lipinski definition) is 2. The third-order valence-electron chi connectivity index (χ3n) is 3.36. The smallest absolute Gasteiger partial charge is 0.242 e. The topological polar surface area (TPSA) is 150 Å². The van der Waals surface area contributed by atoms with Gasteiger partial charge in [-0.2, -0.15) is 0 Å². The molecule has 26 heavy (non-hydrogen) atoms. The standard InChI is InChI=1S/C14H14N6O4S2/c15-25(21,22)13-5-3-12(4-6-13)20-10-11(18-19-20)8-17-26(23,24)14-2-1-7-16-9-14/h1-7,9-10,17H,8H2,(H2,15,21,22). The number of benzene rings is 1. The molecule has 0 radical (unpaired) electrons. The second kappa shape index (κ2) is 6.92. The van der Waals surface area contributed by atoms with Gasteiger partial charge in [-0.25, -0.2) is 31.4 Å². The van der Waals surface area contributed by atoms with Gasteiger partial charge < -0.3 is 0 Å². The maximum absolute atomic E-state index is 12.1. The Kier molecular flexibility index (Phi) is 4.82. The monoisotopic (exact) mass is 394 g/mol. The van der Waals surface area contributed by atoms with Crippen LogP contribution < -0.4 is 9.86 Å². The molecule has 0 aliphatic carbocycles. The van der Waals surface area contributed by atoms with Crippen LogP contribution in [0.15, 0.2) is 64.8 Å². The average molecular weight is 394 g/mol. The summed E-state index contributed by atoms with van der Waals surface area (Å²) in [7, 11) is -7.48. The second-order valence-corrected chi connectivity index (χ2v) is 8.54. The molecule has 0 bridgehead atoms. The van der Waals surface area contributed by atoms with Gasteiger partial charge in [-0.05, 0) is 36.4 Å². The maximum atomic E-state index is 12.1. The summed E-state index contributed by atoms with van der Waals surface area (Å²) in [5.41, 5.74) is 0.930. The zero-order valence-electron chi connectivity index (χ0n) is 13.2. The molecule has 136 valence electrons. The second-order valence-electron chi connectivity index (χ2n) is 5.21. The van der Waals surface area contributed by atoms with E-state index < -0.39 is 20.0 Å². The fourth-order valence-corrected chi connectivity index (χ4v) is 3.53. The van der Waals surface area contributed by atoms with Gasteiger partial charge in [0.25, 0.3) is 0 Å². The van der Waals surface area contributed by atoms with E-state index in [1.165, 1.54) is 59.7 Å². The molecular weight excluding hydrogens is 380 g/mol. The Morgan fingerprint density at radius 3 is 2.38 bits per heavy atom. The lowest BCUT2D eigenvalue weighted by Crippen LogP contribution is -2.23. The number of rotatable bonds is 6. The van der Waals surface area contributed by atoms with Gasteiger partial charge in [-0.1, -0.05) is 5.21 Å². The van der Waals surface area contributed by atoms with Gasteiger partial charge in [-0.15, -0.1) is 5.10 Å². The molecule has 0 spiro atoms. The SMILES string of the molecule is NS(=O)(=O)c1ccc(-n2cc(CNS(=O)(=O)c3cccnc3)nn2)cc1. The van der Waals surface area contributed by atoms with Crippen LogP contribution in [0.1, 0.15) is 5.69 Å². The molecule has 0 saturated carbocycles. The molecule has 12 heteroatoms. The van der Waals surface area contributed by atoms with Gasteiger partial charge in [-0.3, -0.25) is 4.98 Å². The summed E-state index contributed by atoms with van der Waals surface area (Å²) in [4.78, 5) is 3.80. The first kappa shape index (κ1) is 18.1. The molecule has 2 aromatic heterocycles. The largest absolute Gasteiger partial charge is 0.263 e. The molecule has 2 heterocycles. The minimum Gasteiger partial charge on any atom is -0.263 e. The minimum absolute atomic E-state index is 0.0224. The van der Waals surface area contributed by atoms with Crippen LogP contribution in [0, 0.1) is 0 Å². The van der Waals surface area contributed by atoms with Gasteiger partial charge in [0.05, 0.1) is 29.0 Å². The fourth-order valence-electron chi connectivity index (χ4n) is 2.05. The third kappa shape index (κ3) is 4.11. The molecule has 0 unspecified atom stereocenters. The van der Waals surface area contributed by atoms with Crippen molar-refractivity contribution in [2.45, 2.75) is 16.3 Å². The van der Waals surface area contributed by atoms with Crippen molar-refractivity contribution in [2.75, 3.05) is 0 Å². The number of nitrogens with two attached hydrogens (primary N) is 1. The molecule has 3 aromatic rings. The number of sulfonamides is 2. The van der Waals surface area contributed by atoms with Crippen LogP contribution in [0.5, 0.6) is 0 Å². The van der Waals surface area contributed by atoms with E-state index in [4.69, 9.17) is 5.14 Å². The van der Waals surface area contributed by atoms with Gasteiger partial charge in [0.15, 0.2) is 0 Å². The lowest BCUT2D eigenvalue weighted by atomic mass is 10.3. The number of nitrogens with one attached hydrogen (secondary N) is 1. The Morgan fingerprint density at radius 1 is 1.04 bits per heavy atom.